The number of hydrogen-bond acceptors (Lipinski definition) is 4. The average molecular weight is 320 g/mol. The van der Waals surface area contributed by atoms with Gasteiger partial charge in [0.15, 0.2) is 0 Å². The summed E-state index contributed by atoms with van der Waals surface area (Å²) in [6, 6.07) is 5.79. The summed E-state index contributed by atoms with van der Waals surface area (Å²) in [5.74, 6) is -0.448. The van der Waals surface area contributed by atoms with Crippen LogP contribution in [0.1, 0.15) is 27.3 Å². The molecule has 0 radical (unpaired) electrons. The van der Waals surface area contributed by atoms with E-state index < -0.39 is 10.8 Å². The molecule has 0 atom stereocenters. The molecule has 0 saturated heterocycles. The van der Waals surface area contributed by atoms with Crippen LogP contribution >= 0.6 is 11.6 Å². The van der Waals surface area contributed by atoms with E-state index in [0.29, 0.717) is 11.4 Å². The number of amides is 1. The Kier molecular flexibility index (Phi) is 4.42. The Hall–Kier alpha value is -2.47. The van der Waals surface area contributed by atoms with E-state index in [1.165, 1.54) is 12.1 Å². The molecule has 7 heteroatoms. The van der Waals surface area contributed by atoms with Gasteiger partial charge < -0.3 is 5.32 Å². The molecule has 2 aromatic rings. The van der Waals surface area contributed by atoms with Gasteiger partial charge in [0.1, 0.15) is 5.02 Å². The van der Waals surface area contributed by atoms with Gasteiger partial charge in [0.2, 0.25) is 0 Å². The molecule has 1 aromatic carbocycles. The molecule has 0 bridgehead atoms. The number of benzene rings is 1. The Bertz CT molecular complexity index is 752. The number of nitro groups is 1. The predicted molar refractivity (Wildman–Crippen MR) is 84.5 cm³/mol. The van der Waals surface area contributed by atoms with E-state index >= 15 is 0 Å². The van der Waals surface area contributed by atoms with E-state index in [9.17, 15) is 14.9 Å². The van der Waals surface area contributed by atoms with Crippen molar-refractivity contribution in [1.82, 2.24) is 4.98 Å². The van der Waals surface area contributed by atoms with Gasteiger partial charge in [-0.3, -0.25) is 19.9 Å². The minimum absolute atomic E-state index is 0.00841. The van der Waals surface area contributed by atoms with E-state index in [2.05, 4.69) is 10.3 Å². The van der Waals surface area contributed by atoms with E-state index in [1.807, 2.05) is 19.9 Å². The number of anilines is 1. The molecule has 0 saturated carbocycles. The van der Waals surface area contributed by atoms with Gasteiger partial charge in [-0.05, 0) is 44.5 Å². The second kappa shape index (κ2) is 6.11. The third-order valence-corrected chi connectivity index (χ3v) is 3.49. The van der Waals surface area contributed by atoms with Crippen LogP contribution in [0.5, 0.6) is 0 Å². The molecule has 1 heterocycles. The zero-order valence-corrected chi connectivity index (χ0v) is 13.1. The van der Waals surface area contributed by atoms with Crippen LogP contribution in [0.4, 0.5) is 11.4 Å². The molecule has 114 valence electrons. The van der Waals surface area contributed by atoms with Crippen molar-refractivity contribution in [2.24, 2.45) is 0 Å². The number of nitrogens with zero attached hydrogens (tertiary/aromatic N) is 2. The number of hydrogen-bond donors (Lipinski definition) is 1. The van der Waals surface area contributed by atoms with Crippen molar-refractivity contribution >= 4 is 28.9 Å². The monoisotopic (exact) mass is 319 g/mol. The molecular weight excluding hydrogens is 306 g/mol. The van der Waals surface area contributed by atoms with Crippen LogP contribution in [0.25, 0.3) is 0 Å². The summed E-state index contributed by atoms with van der Waals surface area (Å²) in [7, 11) is 0. The number of pyridine rings is 1. The quantitative estimate of drug-likeness (QED) is 0.688. The highest BCUT2D eigenvalue weighted by atomic mass is 35.5. The Labute approximate surface area is 132 Å². The van der Waals surface area contributed by atoms with Gasteiger partial charge in [0, 0.05) is 17.3 Å². The van der Waals surface area contributed by atoms with Crippen molar-refractivity contribution in [3.05, 3.63) is 61.9 Å². The van der Waals surface area contributed by atoms with Crippen molar-refractivity contribution in [2.45, 2.75) is 20.8 Å². The van der Waals surface area contributed by atoms with Crippen molar-refractivity contribution in [3.63, 3.8) is 0 Å². The summed E-state index contributed by atoms with van der Waals surface area (Å²) < 4.78 is 0. The Balaban J connectivity index is 2.34. The van der Waals surface area contributed by atoms with E-state index in [1.54, 1.807) is 6.92 Å². The second-order valence-corrected chi connectivity index (χ2v) is 5.33. The number of nitro benzene ring substituents is 1. The minimum Gasteiger partial charge on any atom is -0.320 e. The fourth-order valence-corrected chi connectivity index (χ4v) is 2.38. The fourth-order valence-electron chi connectivity index (χ4n) is 2.19. The van der Waals surface area contributed by atoms with Gasteiger partial charge >= 0.3 is 0 Å². The SMILES string of the molecule is Cc1cc(C)c(NC(=O)c2ccc(Cl)c([N+](=O)[O-])c2)c(C)n1. The molecule has 0 aliphatic heterocycles. The van der Waals surface area contributed by atoms with Crippen molar-refractivity contribution < 1.29 is 9.72 Å². The number of aromatic nitrogens is 1. The topological polar surface area (TPSA) is 85.1 Å². The first-order valence-corrected chi connectivity index (χ1v) is 6.87. The van der Waals surface area contributed by atoms with E-state index in [-0.39, 0.29) is 16.3 Å². The van der Waals surface area contributed by atoms with Crippen molar-refractivity contribution in [3.8, 4) is 0 Å². The number of rotatable bonds is 3. The standard InChI is InChI=1S/C15H14ClN3O3/c1-8-6-9(2)17-10(3)14(8)18-15(20)11-4-5-12(16)13(7-11)19(21)22/h4-7H,1-3H3,(H,18,20). The summed E-state index contributed by atoms with van der Waals surface area (Å²) in [6.45, 7) is 5.52. The number of halogens is 1. The Morgan fingerprint density at radius 1 is 1.27 bits per heavy atom. The normalized spacial score (nSPS) is 10.4. The molecule has 1 amide bonds. The molecule has 6 nitrogen and oxygen atoms in total. The summed E-state index contributed by atoms with van der Waals surface area (Å²) in [5, 5.41) is 13.6. The summed E-state index contributed by atoms with van der Waals surface area (Å²) in [4.78, 5) is 26.8. The molecule has 1 N–H and O–H groups in total. The van der Waals surface area contributed by atoms with Gasteiger partial charge in [-0.2, -0.15) is 0 Å². The zero-order chi connectivity index (χ0) is 16.4. The maximum Gasteiger partial charge on any atom is 0.288 e. The van der Waals surface area contributed by atoms with Crippen LogP contribution in [-0.2, 0) is 0 Å². The molecule has 2 rings (SSSR count). The second-order valence-electron chi connectivity index (χ2n) is 4.92. The van der Waals surface area contributed by atoms with Crippen LogP contribution in [0, 0.1) is 30.9 Å². The first-order valence-electron chi connectivity index (χ1n) is 6.49. The van der Waals surface area contributed by atoms with Gasteiger partial charge in [-0.15, -0.1) is 0 Å². The van der Waals surface area contributed by atoms with Crippen molar-refractivity contribution in [1.29, 1.82) is 0 Å². The first-order chi connectivity index (χ1) is 10.3. The highest BCUT2D eigenvalue weighted by Crippen LogP contribution is 2.26. The highest BCUT2D eigenvalue weighted by Gasteiger charge is 2.17. The van der Waals surface area contributed by atoms with Crippen LogP contribution < -0.4 is 5.32 Å². The fraction of sp³-hybridized carbons (Fsp3) is 0.200. The van der Waals surface area contributed by atoms with Gasteiger partial charge in [0.05, 0.1) is 16.3 Å². The molecular formula is C15H14ClN3O3. The lowest BCUT2D eigenvalue weighted by molar-refractivity contribution is -0.384. The molecule has 0 unspecified atom stereocenters. The molecule has 0 spiro atoms. The highest BCUT2D eigenvalue weighted by molar-refractivity contribution is 6.32. The Morgan fingerprint density at radius 3 is 2.55 bits per heavy atom. The average Bonchev–Trinajstić information content (AvgIpc) is 2.42. The van der Waals surface area contributed by atoms with E-state index in [0.717, 1.165) is 17.3 Å². The predicted octanol–water partition coefficient (Wildman–Crippen LogP) is 3.82. The largest absolute Gasteiger partial charge is 0.320 e. The molecule has 0 fully saturated rings. The van der Waals surface area contributed by atoms with Crippen LogP contribution in [0.15, 0.2) is 24.3 Å². The maximum atomic E-state index is 12.3. The lowest BCUT2D eigenvalue weighted by Gasteiger charge is -2.12. The van der Waals surface area contributed by atoms with E-state index in [4.69, 9.17) is 11.6 Å². The molecule has 22 heavy (non-hydrogen) atoms. The molecule has 0 aliphatic rings. The first kappa shape index (κ1) is 15.9. The number of carbonyl (C=O) groups excluding carboxylic acids is 1. The van der Waals surface area contributed by atoms with Gasteiger partial charge in [-0.25, -0.2) is 0 Å². The van der Waals surface area contributed by atoms with Gasteiger partial charge in [-0.1, -0.05) is 11.6 Å². The smallest absolute Gasteiger partial charge is 0.288 e. The van der Waals surface area contributed by atoms with Crippen LogP contribution in [0.2, 0.25) is 5.02 Å². The zero-order valence-electron chi connectivity index (χ0n) is 12.3. The summed E-state index contributed by atoms with van der Waals surface area (Å²) in [5.41, 5.74) is 2.89. The third kappa shape index (κ3) is 3.23. The number of aryl methyl sites for hydroxylation is 3. The van der Waals surface area contributed by atoms with Crippen LogP contribution in [-0.4, -0.2) is 15.8 Å². The Morgan fingerprint density at radius 2 is 1.95 bits per heavy atom. The van der Waals surface area contributed by atoms with Crippen molar-refractivity contribution in [2.75, 3.05) is 5.32 Å². The van der Waals surface area contributed by atoms with Crippen LogP contribution in [0.3, 0.4) is 0 Å². The number of nitrogens with one attached hydrogen (secondary N) is 1. The molecule has 0 aliphatic carbocycles. The summed E-state index contributed by atoms with van der Waals surface area (Å²) in [6.07, 6.45) is 0. The maximum absolute atomic E-state index is 12.3. The lowest BCUT2D eigenvalue weighted by atomic mass is 10.1. The van der Waals surface area contributed by atoms with Gasteiger partial charge in [0.25, 0.3) is 11.6 Å². The third-order valence-electron chi connectivity index (χ3n) is 3.17. The number of carbonyl (C=O) groups is 1. The lowest BCUT2D eigenvalue weighted by Crippen LogP contribution is -2.15. The molecule has 1 aromatic heterocycles. The minimum atomic E-state index is -0.622. The summed E-state index contributed by atoms with van der Waals surface area (Å²) >= 11 is 5.74.